The van der Waals surface area contributed by atoms with E-state index in [-0.39, 0.29) is 11.6 Å². The number of benzene rings is 1. The van der Waals surface area contributed by atoms with E-state index >= 15 is 0 Å². The van der Waals surface area contributed by atoms with Crippen LogP contribution >= 0.6 is 0 Å². The lowest BCUT2D eigenvalue weighted by atomic mass is 10.0. The Hall–Kier alpha value is -1.24. The first kappa shape index (κ1) is 14.8. The molecule has 1 nitrogen and oxygen atoms in total. The van der Waals surface area contributed by atoms with Crippen molar-refractivity contribution in [2.45, 2.75) is 25.3 Å². The lowest BCUT2D eigenvalue weighted by Crippen LogP contribution is -2.17. The summed E-state index contributed by atoms with van der Waals surface area (Å²) < 4.78 is 75.1. The molecule has 7 heteroatoms. The van der Waals surface area contributed by atoms with Crippen LogP contribution in [0.4, 0.5) is 26.3 Å². The Bertz CT molecular complexity index is 388. The molecule has 0 radical (unpaired) electrons. The van der Waals surface area contributed by atoms with Gasteiger partial charge in [0, 0.05) is 6.04 Å². The van der Waals surface area contributed by atoms with Gasteiger partial charge in [-0.1, -0.05) is 0 Å². The molecule has 18 heavy (non-hydrogen) atoms. The van der Waals surface area contributed by atoms with Gasteiger partial charge in [0.05, 0.1) is 11.1 Å². The molecule has 0 amide bonds. The van der Waals surface area contributed by atoms with E-state index in [4.69, 9.17) is 0 Å². The van der Waals surface area contributed by atoms with Crippen molar-refractivity contribution in [3.63, 3.8) is 0 Å². The first-order valence-electron chi connectivity index (χ1n) is 5.02. The summed E-state index contributed by atoms with van der Waals surface area (Å²) in [5.74, 6) is 0. The Morgan fingerprint density at radius 2 is 1.28 bits per heavy atom. The van der Waals surface area contributed by atoms with Gasteiger partial charge in [-0.05, 0) is 37.7 Å². The molecule has 0 spiro atoms. The van der Waals surface area contributed by atoms with Crippen LogP contribution in [0.25, 0.3) is 0 Å². The van der Waals surface area contributed by atoms with E-state index in [0.29, 0.717) is 0 Å². The zero-order valence-electron chi connectivity index (χ0n) is 9.58. The first-order valence-corrected chi connectivity index (χ1v) is 5.02. The number of hydrogen-bond acceptors (Lipinski definition) is 1. The Kier molecular flexibility index (Phi) is 3.95. The maximum absolute atomic E-state index is 12.5. The largest absolute Gasteiger partial charge is 0.416 e. The molecule has 1 atom stereocenters. The Morgan fingerprint density at radius 1 is 0.889 bits per heavy atom. The zero-order chi connectivity index (χ0) is 14.1. The predicted molar refractivity (Wildman–Crippen MR) is 53.9 cm³/mol. The highest BCUT2D eigenvalue weighted by Crippen LogP contribution is 2.37. The molecule has 0 saturated carbocycles. The summed E-state index contributed by atoms with van der Waals surface area (Å²) in [7, 11) is 1.46. The van der Waals surface area contributed by atoms with E-state index in [1.165, 1.54) is 14.0 Å². The molecule has 102 valence electrons. The van der Waals surface area contributed by atoms with Gasteiger partial charge < -0.3 is 5.32 Å². The molecule has 0 saturated heterocycles. The molecule has 0 fully saturated rings. The summed E-state index contributed by atoms with van der Waals surface area (Å²) in [5, 5.41) is 2.60. The van der Waals surface area contributed by atoms with Gasteiger partial charge in [0.2, 0.25) is 0 Å². The summed E-state index contributed by atoms with van der Waals surface area (Å²) in [5.41, 5.74) is -2.65. The average molecular weight is 271 g/mol. The Balaban J connectivity index is 3.39. The van der Waals surface area contributed by atoms with Crippen LogP contribution in [-0.2, 0) is 12.4 Å². The fourth-order valence-electron chi connectivity index (χ4n) is 1.40. The minimum Gasteiger partial charge on any atom is -0.313 e. The number of hydrogen-bond donors (Lipinski definition) is 1. The molecule has 0 unspecified atom stereocenters. The fourth-order valence-corrected chi connectivity index (χ4v) is 1.40. The molecule has 0 aliphatic carbocycles. The van der Waals surface area contributed by atoms with Crippen molar-refractivity contribution in [3.8, 4) is 0 Å². The third-order valence-corrected chi connectivity index (χ3v) is 2.54. The third-order valence-electron chi connectivity index (χ3n) is 2.54. The third kappa shape index (κ3) is 3.38. The summed E-state index contributed by atoms with van der Waals surface area (Å²) >= 11 is 0. The maximum atomic E-state index is 12.5. The SMILES string of the molecule is CN[C@@H](C)c1cc(C(F)(F)F)cc(C(F)(F)F)c1. The molecule has 1 aromatic rings. The van der Waals surface area contributed by atoms with Crippen molar-refractivity contribution in [3.05, 3.63) is 34.9 Å². The van der Waals surface area contributed by atoms with Crippen LogP contribution in [0.15, 0.2) is 18.2 Å². The molecule has 0 bridgehead atoms. The van der Waals surface area contributed by atoms with Crippen molar-refractivity contribution in [1.29, 1.82) is 0 Å². The molecule has 0 aromatic heterocycles. The van der Waals surface area contributed by atoms with E-state index in [1.807, 2.05) is 0 Å². The molecule has 0 heterocycles. The van der Waals surface area contributed by atoms with E-state index in [0.717, 1.165) is 12.1 Å². The number of nitrogens with one attached hydrogen (secondary N) is 1. The fraction of sp³-hybridized carbons (Fsp3) is 0.455. The standard InChI is InChI=1S/C11H11F6N/c1-6(18-2)7-3-8(10(12,13)14)5-9(4-7)11(15,16)17/h3-6,18H,1-2H3/t6-/m0/s1. The van der Waals surface area contributed by atoms with Crippen LogP contribution < -0.4 is 5.32 Å². The zero-order valence-corrected chi connectivity index (χ0v) is 9.58. The number of alkyl halides is 6. The van der Waals surface area contributed by atoms with Crippen LogP contribution in [0, 0.1) is 0 Å². The lowest BCUT2D eigenvalue weighted by Gasteiger charge is -2.17. The second-order valence-electron chi connectivity index (χ2n) is 3.85. The summed E-state index contributed by atoms with van der Waals surface area (Å²) in [6.07, 6.45) is -9.60. The maximum Gasteiger partial charge on any atom is 0.416 e. The molecular formula is C11H11F6N. The van der Waals surface area contributed by atoms with Crippen molar-refractivity contribution < 1.29 is 26.3 Å². The van der Waals surface area contributed by atoms with Gasteiger partial charge >= 0.3 is 12.4 Å². The van der Waals surface area contributed by atoms with Gasteiger partial charge in [0.1, 0.15) is 0 Å². The molecule has 1 N–H and O–H groups in total. The van der Waals surface area contributed by atoms with Gasteiger partial charge in [-0.15, -0.1) is 0 Å². The van der Waals surface area contributed by atoms with Crippen LogP contribution in [0.3, 0.4) is 0 Å². The quantitative estimate of drug-likeness (QED) is 0.801. The summed E-state index contributed by atoms with van der Waals surface area (Å²) in [4.78, 5) is 0. The van der Waals surface area contributed by atoms with E-state index in [1.54, 1.807) is 0 Å². The molecule has 0 aliphatic heterocycles. The first-order chi connectivity index (χ1) is 8.05. The van der Waals surface area contributed by atoms with Crippen molar-refractivity contribution in [2.24, 2.45) is 0 Å². The summed E-state index contributed by atoms with van der Waals surface area (Å²) in [6, 6.07) is 0.951. The minimum atomic E-state index is -4.80. The van der Waals surface area contributed by atoms with E-state index < -0.39 is 29.5 Å². The second kappa shape index (κ2) is 4.79. The lowest BCUT2D eigenvalue weighted by molar-refractivity contribution is -0.143. The van der Waals surface area contributed by atoms with Gasteiger partial charge in [-0.2, -0.15) is 26.3 Å². The number of rotatable bonds is 2. The molecule has 0 aliphatic rings. The molecule has 1 rings (SSSR count). The highest BCUT2D eigenvalue weighted by Gasteiger charge is 2.37. The topological polar surface area (TPSA) is 12.0 Å². The highest BCUT2D eigenvalue weighted by molar-refractivity contribution is 5.35. The number of halogens is 6. The van der Waals surface area contributed by atoms with Gasteiger partial charge in [-0.25, -0.2) is 0 Å². The second-order valence-corrected chi connectivity index (χ2v) is 3.85. The van der Waals surface area contributed by atoms with Crippen LogP contribution in [0.1, 0.15) is 29.7 Å². The van der Waals surface area contributed by atoms with Crippen LogP contribution in [0.2, 0.25) is 0 Å². The Labute approximate surface area is 99.8 Å². The molecule has 1 aromatic carbocycles. The van der Waals surface area contributed by atoms with Crippen LogP contribution in [-0.4, -0.2) is 7.05 Å². The molecular weight excluding hydrogens is 260 g/mol. The van der Waals surface area contributed by atoms with Crippen molar-refractivity contribution in [1.82, 2.24) is 5.32 Å². The monoisotopic (exact) mass is 271 g/mol. The van der Waals surface area contributed by atoms with Gasteiger partial charge in [0.25, 0.3) is 0 Å². The van der Waals surface area contributed by atoms with Crippen molar-refractivity contribution >= 4 is 0 Å². The minimum absolute atomic E-state index is 0.0559. The smallest absolute Gasteiger partial charge is 0.313 e. The normalized spacial score (nSPS) is 14.7. The van der Waals surface area contributed by atoms with E-state index in [9.17, 15) is 26.3 Å². The van der Waals surface area contributed by atoms with Crippen LogP contribution in [0.5, 0.6) is 0 Å². The predicted octanol–water partition coefficient (Wildman–Crippen LogP) is 4.00. The summed E-state index contributed by atoms with van der Waals surface area (Å²) in [6.45, 7) is 1.48. The van der Waals surface area contributed by atoms with E-state index in [2.05, 4.69) is 5.32 Å². The Morgan fingerprint density at radius 3 is 1.56 bits per heavy atom. The average Bonchev–Trinajstić information content (AvgIpc) is 2.25. The highest BCUT2D eigenvalue weighted by atomic mass is 19.4. The van der Waals surface area contributed by atoms with Crippen molar-refractivity contribution in [2.75, 3.05) is 7.05 Å². The van der Waals surface area contributed by atoms with Gasteiger partial charge in [-0.3, -0.25) is 0 Å². The van der Waals surface area contributed by atoms with Gasteiger partial charge in [0.15, 0.2) is 0 Å².